The van der Waals surface area contributed by atoms with E-state index in [2.05, 4.69) is 0 Å². The molecule has 0 radical (unpaired) electrons. The third kappa shape index (κ3) is 2.96. The predicted octanol–water partition coefficient (Wildman–Crippen LogP) is 3.02. The fourth-order valence-corrected chi connectivity index (χ4v) is 1.94. The molecule has 0 aliphatic carbocycles. The van der Waals surface area contributed by atoms with Gasteiger partial charge in [-0.05, 0) is 41.5 Å². The molecule has 0 aliphatic heterocycles. The van der Waals surface area contributed by atoms with E-state index in [1.54, 1.807) is 32.4 Å². The van der Waals surface area contributed by atoms with E-state index in [0.29, 0.717) is 29.2 Å². The summed E-state index contributed by atoms with van der Waals surface area (Å²) in [6.07, 6.45) is 0.456. The maximum atomic E-state index is 13.7. The highest BCUT2D eigenvalue weighted by Gasteiger charge is 2.08. The normalized spacial score (nSPS) is 10.3. The molecule has 2 N–H and O–H groups in total. The first-order chi connectivity index (χ1) is 9.13. The number of halogens is 1. The summed E-state index contributed by atoms with van der Waals surface area (Å²) in [5.74, 6) is 1.02. The summed E-state index contributed by atoms with van der Waals surface area (Å²) >= 11 is 0. The molecule has 0 amide bonds. The number of anilines is 1. The largest absolute Gasteiger partial charge is 0.493 e. The summed E-state index contributed by atoms with van der Waals surface area (Å²) in [7, 11) is 3.15. The van der Waals surface area contributed by atoms with Crippen molar-refractivity contribution in [2.24, 2.45) is 0 Å². The molecule has 0 saturated heterocycles. The van der Waals surface area contributed by atoms with Gasteiger partial charge in [0.15, 0.2) is 11.5 Å². The second kappa shape index (κ2) is 5.61. The molecular formula is C15H16FNO2. The van der Waals surface area contributed by atoms with Crippen molar-refractivity contribution in [3.05, 3.63) is 53.3 Å². The summed E-state index contributed by atoms with van der Waals surface area (Å²) in [4.78, 5) is 0. The van der Waals surface area contributed by atoms with Crippen LogP contribution in [0.1, 0.15) is 11.1 Å². The van der Waals surface area contributed by atoms with Crippen LogP contribution < -0.4 is 15.2 Å². The van der Waals surface area contributed by atoms with Gasteiger partial charge in [-0.15, -0.1) is 0 Å². The van der Waals surface area contributed by atoms with Crippen LogP contribution in [0.25, 0.3) is 0 Å². The molecule has 4 heteroatoms. The minimum absolute atomic E-state index is 0.260. The highest BCUT2D eigenvalue weighted by Crippen LogP contribution is 2.29. The number of hydrogen-bond acceptors (Lipinski definition) is 3. The minimum Gasteiger partial charge on any atom is -0.493 e. The zero-order chi connectivity index (χ0) is 13.8. The van der Waals surface area contributed by atoms with Crippen LogP contribution in [0.15, 0.2) is 36.4 Å². The molecule has 100 valence electrons. The topological polar surface area (TPSA) is 44.5 Å². The second-order valence-corrected chi connectivity index (χ2v) is 4.22. The van der Waals surface area contributed by atoms with E-state index >= 15 is 0 Å². The quantitative estimate of drug-likeness (QED) is 0.860. The third-order valence-electron chi connectivity index (χ3n) is 2.91. The highest BCUT2D eigenvalue weighted by molar-refractivity contribution is 5.46. The molecule has 2 aromatic rings. The Morgan fingerprint density at radius 1 is 1.00 bits per heavy atom. The lowest BCUT2D eigenvalue weighted by atomic mass is 10.0. The van der Waals surface area contributed by atoms with Crippen LogP contribution in [0.3, 0.4) is 0 Å². The van der Waals surface area contributed by atoms with Crippen molar-refractivity contribution < 1.29 is 13.9 Å². The van der Waals surface area contributed by atoms with Crippen molar-refractivity contribution >= 4 is 5.69 Å². The van der Waals surface area contributed by atoms with Crippen LogP contribution in [0.2, 0.25) is 0 Å². The Morgan fingerprint density at radius 3 is 2.42 bits per heavy atom. The van der Waals surface area contributed by atoms with Crippen molar-refractivity contribution in [1.82, 2.24) is 0 Å². The lowest BCUT2D eigenvalue weighted by molar-refractivity contribution is 0.354. The molecule has 3 nitrogen and oxygen atoms in total. The van der Waals surface area contributed by atoms with Gasteiger partial charge in [-0.2, -0.15) is 0 Å². The van der Waals surface area contributed by atoms with Gasteiger partial charge in [-0.3, -0.25) is 0 Å². The number of nitrogen functional groups attached to an aromatic ring is 1. The number of nitrogens with two attached hydrogens (primary N) is 1. The Kier molecular flexibility index (Phi) is 3.90. The molecule has 19 heavy (non-hydrogen) atoms. The number of rotatable bonds is 4. The Labute approximate surface area is 111 Å². The van der Waals surface area contributed by atoms with Gasteiger partial charge in [0.05, 0.1) is 14.2 Å². The van der Waals surface area contributed by atoms with Gasteiger partial charge < -0.3 is 15.2 Å². The van der Waals surface area contributed by atoms with E-state index in [-0.39, 0.29) is 5.82 Å². The zero-order valence-corrected chi connectivity index (χ0v) is 10.9. The van der Waals surface area contributed by atoms with Gasteiger partial charge in [-0.1, -0.05) is 6.07 Å². The molecule has 0 aliphatic rings. The van der Waals surface area contributed by atoms with E-state index in [0.717, 1.165) is 5.56 Å². The van der Waals surface area contributed by atoms with Crippen LogP contribution in [-0.2, 0) is 6.42 Å². The van der Waals surface area contributed by atoms with Gasteiger partial charge in [0.1, 0.15) is 5.82 Å². The smallest absolute Gasteiger partial charge is 0.160 e. The predicted molar refractivity (Wildman–Crippen MR) is 73.2 cm³/mol. The standard InChI is InChI=1S/C15H16FNO2/c1-18-14-6-3-10(8-15(14)19-2)7-11-9-12(17)4-5-13(11)16/h3-6,8-9H,7,17H2,1-2H3. The monoisotopic (exact) mass is 261 g/mol. The molecule has 0 bridgehead atoms. The van der Waals surface area contributed by atoms with Gasteiger partial charge in [0, 0.05) is 12.1 Å². The van der Waals surface area contributed by atoms with Crippen molar-refractivity contribution in [2.45, 2.75) is 6.42 Å². The van der Waals surface area contributed by atoms with Crippen molar-refractivity contribution in [2.75, 3.05) is 20.0 Å². The van der Waals surface area contributed by atoms with Crippen molar-refractivity contribution in [3.63, 3.8) is 0 Å². The molecular weight excluding hydrogens is 245 g/mol. The van der Waals surface area contributed by atoms with Gasteiger partial charge in [0.25, 0.3) is 0 Å². The average Bonchev–Trinajstić information content (AvgIpc) is 2.42. The zero-order valence-electron chi connectivity index (χ0n) is 10.9. The van der Waals surface area contributed by atoms with Gasteiger partial charge >= 0.3 is 0 Å². The van der Waals surface area contributed by atoms with Gasteiger partial charge in [0.2, 0.25) is 0 Å². The molecule has 0 fully saturated rings. The SMILES string of the molecule is COc1ccc(Cc2cc(N)ccc2F)cc1OC. The van der Waals surface area contributed by atoms with Crippen molar-refractivity contribution in [1.29, 1.82) is 0 Å². The highest BCUT2D eigenvalue weighted by atomic mass is 19.1. The molecule has 2 aromatic carbocycles. The number of methoxy groups -OCH3 is 2. The summed E-state index contributed by atoms with van der Waals surface area (Å²) in [5, 5.41) is 0. The first-order valence-corrected chi connectivity index (χ1v) is 5.89. The lowest BCUT2D eigenvalue weighted by Gasteiger charge is -2.10. The fraction of sp³-hybridized carbons (Fsp3) is 0.200. The molecule has 2 rings (SSSR count). The van der Waals surface area contributed by atoms with Crippen molar-refractivity contribution in [3.8, 4) is 11.5 Å². The molecule has 0 spiro atoms. The van der Waals surface area contributed by atoms with Crippen LogP contribution in [0, 0.1) is 5.82 Å². The summed E-state index contributed by atoms with van der Waals surface area (Å²) in [5.41, 5.74) is 7.72. The van der Waals surface area contributed by atoms with E-state index in [1.165, 1.54) is 6.07 Å². The molecule has 0 atom stereocenters. The first-order valence-electron chi connectivity index (χ1n) is 5.89. The molecule has 0 unspecified atom stereocenters. The lowest BCUT2D eigenvalue weighted by Crippen LogP contribution is -1.97. The number of benzene rings is 2. The summed E-state index contributed by atoms with van der Waals surface area (Å²) in [6.45, 7) is 0. The third-order valence-corrected chi connectivity index (χ3v) is 2.91. The van der Waals surface area contributed by atoms with E-state index in [1.807, 2.05) is 12.1 Å². The maximum absolute atomic E-state index is 13.7. The first kappa shape index (κ1) is 13.2. The van der Waals surface area contributed by atoms with E-state index < -0.39 is 0 Å². The van der Waals surface area contributed by atoms with E-state index in [4.69, 9.17) is 15.2 Å². The Morgan fingerprint density at radius 2 is 1.74 bits per heavy atom. The summed E-state index contributed by atoms with van der Waals surface area (Å²) in [6, 6.07) is 10.1. The van der Waals surface area contributed by atoms with E-state index in [9.17, 15) is 4.39 Å². The number of ether oxygens (including phenoxy) is 2. The molecule has 0 aromatic heterocycles. The van der Waals surface area contributed by atoms with Crippen LogP contribution >= 0.6 is 0 Å². The Bertz CT molecular complexity index is 584. The van der Waals surface area contributed by atoms with Crippen LogP contribution in [-0.4, -0.2) is 14.2 Å². The Hall–Kier alpha value is -2.23. The second-order valence-electron chi connectivity index (χ2n) is 4.22. The average molecular weight is 261 g/mol. The summed E-state index contributed by atoms with van der Waals surface area (Å²) < 4.78 is 24.1. The fourth-order valence-electron chi connectivity index (χ4n) is 1.94. The van der Waals surface area contributed by atoms with Gasteiger partial charge in [-0.25, -0.2) is 4.39 Å². The Balaban J connectivity index is 2.30. The molecule has 0 saturated carbocycles. The maximum Gasteiger partial charge on any atom is 0.160 e. The molecule has 0 heterocycles. The minimum atomic E-state index is -0.260. The van der Waals surface area contributed by atoms with Crippen LogP contribution in [0.5, 0.6) is 11.5 Å². The van der Waals surface area contributed by atoms with Crippen LogP contribution in [0.4, 0.5) is 10.1 Å². The number of hydrogen-bond donors (Lipinski definition) is 1.